The van der Waals surface area contributed by atoms with Gasteiger partial charge in [-0.05, 0) is 12.1 Å². The average Bonchev–Trinajstić information content (AvgIpc) is 2.47. The number of benzene rings is 1. The SMILES string of the molecule is COc1cc(C#N)ccc1Nc1cc([N+](=O)[O-])cc(Cl)n1. The summed E-state index contributed by atoms with van der Waals surface area (Å²) < 4.78 is 5.16. The van der Waals surface area contributed by atoms with Crippen molar-refractivity contribution < 1.29 is 9.66 Å². The molecule has 1 aromatic carbocycles. The van der Waals surface area contributed by atoms with Crippen LogP contribution in [-0.2, 0) is 0 Å². The van der Waals surface area contributed by atoms with E-state index in [9.17, 15) is 10.1 Å². The Morgan fingerprint density at radius 2 is 2.19 bits per heavy atom. The van der Waals surface area contributed by atoms with Gasteiger partial charge in [-0.3, -0.25) is 10.1 Å². The molecular formula is C13H9ClN4O3. The van der Waals surface area contributed by atoms with Gasteiger partial charge in [-0.15, -0.1) is 0 Å². The normalized spacial score (nSPS) is 9.76. The fourth-order valence-corrected chi connectivity index (χ4v) is 1.86. The number of ether oxygens (including phenoxy) is 1. The highest BCUT2D eigenvalue weighted by molar-refractivity contribution is 6.29. The van der Waals surface area contributed by atoms with E-state index in [0.29, 0.717) is 17.0 Å². The third-order valence-corrected chi connectivity index (χ3v) is 2.78. The third kappa shape index (κ3) is 3.38. The Bertz CT molecular complexity index is 743. The van der Waals surface area contributed by atoms with E-state index in [1.165, 1.54) is 13.2 Å². The summed E-state index contributed by atoms with van der Waals surface area (Å²) in [6.45, 7) is 0. The van der Waals surface area contributed by atoms with Crippen molar-refractivity contribution in [1.82, 2.24) is 4.98 Å². The molecule has 2 aromatic rings. The van der Waals surface area contributed by atoms with Gasteiger partial charge in [-0.1, -0.05) is 11.6 Å². The largest absolute Gasteiger partial charge is 0.495 e. The minimum atomic E-state index is -0.561. The predicted molar refractivity (Wildman–Crippen MR) is 76.9 cm³/mol. The van der Waals surface area contributed by atoms with E-state index >= 15 is 0 Å². The van der Waals surface area contributed by atoms with E-state index < -0.39 is 4.92 Å². The zero-order valence-electron chi connectivity index (χ0n) is 10.8. The summed E-state index contributed by atoms with van der Waals surface area (Å²) in [5, 5.41) is 22.5. The molecule has 0 amide bonds. The molecule has 8 heteroatoms. The topological polar surface area (TPSA) is 101 Å². The van der Waals surface area contributed by atoms with Gasteiger partial charge in [0.1, 0.15) is 16.7 Å². The monoisotopic (exact) mass is 304 g/mol. The smallest absolute Gasteiger partial charge is 0.276 e. The van der Waals surface area contributed by atoms with Crippen molar-refractivity contribution in [3.05, 3.63) is 51.2 Å². The molecule has 106 valence electrons. The number of anilines is 2. The number of hydrogen-bond donors (Lipinski definition) is 1. The van der Waals surface area contributed by atoms with Crippen molar-refractivity contribution in [2.24, 2.45) is 0 Å². The average molecular weight is 305 g/mol. The van der Waals surface area contributed by atoms with Gasteiger partial charge in [0.25, 0.3) is 5.69 Å². The van der Waals surface area contributed by atoms with E-state index in [1.807, 2.05) is 6.07 Å². The molecule has 7 nitrogen and oxygen atoms in total. The van der Waals surface area contributed by atoms with Gasteiger partial charge in [-0.2, -0.15) is 5.26 Å². The van der Waals surface area contributed by atoms with Crippen LogP contribution in [0.25, 0.3) is 0 Å². The van der Waals surface area contributed by atoms with Crippen molar-refractivity contribution in [3.8, 4) is 11.8 Å². The number of nitro groups is 1. The van der Waals surface area contributed by atoms with Gasteiger partial charge in [0, 0.05) is 6.07 Å². The molecule has 0 spiro atoms. The summed E-state index contributed by atoms with van der Waals surface area (Å²) in [6, 6.07) is 9.15. The van der Waals surface area contributed by atoms with Crippen LogP contribution in [0.15, 0.2) is 30.3 Å². The zero-order chi connectivity index (χ0) is 15.4. The molecule has 0 aliphatic carbocycles. The number of halogens is 1. The summed E-state index contributed by atoms with van der Waals surface area (Å²) in [5.41, 5.74) is 0.771. The molecule has 0 atom stereocenters. The highest BCUT2D eigenvalue weighted by Crippen LogP contribution is 2.30. The van der Waals surface area contributed by atoms with Crippen LogP contribution in [0.1, 0.15) is 5.56 Å². The van der Waals surface area contributed by atoms with Crippen molar-refractivity contribution in [2.45, 2.75) is 0 Å². The van der Waals surface area contributed by atoms with E-state index in [0.717, 1.165) is 6.07 Å². The Morgan fingerprint density at radius 1 is 1.43 bits per heavy atom. The number of aromatic nitrogens is 1. The molecule has 1 aromatic heterocycles. The maximum atomic E-state index is 10.8. The number of hydrogen-bond acceptors (Lipinski definition) is 6. The first-order valence-electron chi connectivity index (χ1n) is 5.70. The van der Waals surface area contributed by atoms with Crippen LogP contribution in [0.2, 0.25) is 5.15 Å². The van der Waals surface area contributed by atoms with Gasteiger partial charge < -0.3 is 10.1 Å². The second-order valence-electron chi connectivity index (χ2n) is 3.94. The summed E-state index contributed by atoms with van der Waals surface area (Å²) in [4.78, 5) is 14.2. The summed E-state index contributed by atoms with van der Waals surface area (Å²) in [6.07, 6.45) is 0. The lowest BCUT2D eigenvalue weighted by Gasteiger charge is -2.10. The lowest BCUT2D eigenvalue weighted by atomic mass is 10.2. The number of rotatable bonds is 4. The minimum absolute atomic E-state index is 0.000637. The van der Waals surface area contributed by atoms with E-state index in [4.69, 9.17) is 21.6 Å². The van der Waals surface area contributed by atoms with Gasteiger partial charge in [-0.25, -0.2) is 4.98 Å². The molecular weight excluding hydrogens is 296 g/mol. The molecule has 0 saturated carbocycles. The highest BCUT2D eigenvalue weighted by Gasteiger charge is 2.12. The third-order valence-electron chi connectivity index (χ3n) is 2.58. The van der Waals surface area contributed by atoms with E-state index in [1.54, 1.807) is 18.2 Å². The first-order chi connectivity index (χ1) is 10.0. The van der Waals surface area contributed by atoms with E-state index in [-0.39, 0.29) is 16.7 Å². The van der Waals surface area contributed by atoms with Crippen LogP contribution in [0.3, 0.4) is 0 Å². The molecule has 1 N–H and O–H groups in total. The Balaban J connectivity index is 2.38. The van der Waals surface area contributed by atoms with Crippen LogP contribution in [0.4, 0.5) is 17.2 Å². The molecule has 0 aliphatic rings. The molecule has 0 fully saturated rings. The number of methoxy groups -OCH3 is 1. The number of pyridine rings is 1. The standard InChI is InChI=1S/C13H9ClN4O3/c1-21-11-4-8(7-15)2-3-10(11)16-13-6-9(18(19)20)5-12(14)17-13/h2-6H,1H3,(H,16,17). The highest BCUT2D eigenvalue weighted by atomic mass is 35.5. The van der Waals surface area contributed by atoms with Crippen molar-refractivity contribution in [1.29, 1.82) is 5.26 Å². The number of nitrogens with one attached hydrogen (secondary N) is 1. The predicted octanol–water partition coefficient (Wildman–Crippen LogP) is 3.27. The summed E-state index contributed by atoms with van der Waals surface area (Å²) in [7, 11) is 1.45. The Morgan fingerprint density at radius 3 is 2.81 bits per heavy atom. The fourth-order valence-electron chi connectivity index (χ4n) is 1.65. The summed E-state index contributed by atoms with van der Waals surface area (Å²) >= 11 is 5.75. The maximum absolute atomic E-state index is 10.8. The maximum Gasteiger partial charge on any atom is 0.276 e. The van der Waals surface area contributed by atoms with Gasteiger partial charge in [0.2, 0.25) is 0 Å². The molecule has 0 unspecified atom stereocenters. The summed E-state index contributed by atoms with van der Waals surface area (Å²) in [5.74, 6) is 0.621. The Kier molecular flexibility index (Phi) is 4.21. The molecule has 21 heavy (non-hydrogen) atoms. The molecule has 1 heterocycles. The van der Waals surface area contributed by atoms with Crippen LogP contribution >= 0.6 is 11.6 Å². The van der Waals surface area contributed by atoms with Crippen molar-refractivity contribution >= 4 is 28.8 Å². The van der Waals surface area contributed by atoms with Gasteiger partial charge >= 0.3 is 0 Å². The van der Waals surface area contributed by atoms with Crippen LogP contribution < -0.4 is 10.1 Å². The second-order valence-corrected chi connectivity index (χ2v) is 4.33. The first-order valence-corrected chi connectivity index (χ1v) is 6.08. The molecule has 0 saturated heterocycles. The molecule has 0 bridgehead atoms. The quantitative estimate of drug-likeness (QED) is 0.528. The molecule has 2 rings (SSSR count). The first kappa shape index (κ1) is 14.6. The van der Waals surface area contributed by atoms with Crippen molar-refractivity contribution in [2.75, 3.05) is 12.4 Å². The molecule has 0 aliphatic heterocycles. The van der Waals surface area contributed by atoms with Gasteiger partial charge in [0.15, 0.2) is 0 Å². The van der Waals surface area contributed by atoms with Crippen molar-refractivity contribution in [3.63, 3.8) is 0 Å². The Hall–Kier alpha value is -2.85. The van der Waals surface area contributed by atoms with Crippen LogP contribution in [0.5, 0.6) is 5.75 Å². The van der Waals surface area contributed by atoms with Crippen LogP contribution in [-0.4, -0.2) is 17.0 Å². The number of nitrogens with zero attached hydrogens (tertiary/aromatic N) is 3. The Labute approximate surface area is 124 Å². The second kappa shape index (κ2) is 6.07. The minimum Gasteiger partial charge on any atom is -0.495 e. The lowest BCUT2D eigenvalue weighted by molar-refractivity contribution is -0.384. The van der Waals surface area contributed by atoms with Gasteiger partial charge in [0.05, 0.1) is 41.5 Å². The zero-order valence-corrected chi connectivity index (χ0v) is 11.6. The molecule has 0 radical (unpaired) electrons. The van der Waals surface area contributed by atoms with Crippen LogP contribution in [0, 0.1) is 21.4 Å². The number of nitriles is 1. The lowest BCUT2D eigenvalue weighted by Crippen LogP contribution is -1.99. The van der Waals surface area contributed by atoms with E-state index in [2.05, 4.69) is 10.3 Å². The fraction of sp³-hybridized carbons (Fsp3) is 0.0769.